The Kier molecular flexibility index (Phi) is 11.1. The predicted octanol–water partition coefficient (Wildman–Crippen LogP) is 4.20. The van der Waals surface area contributed by atoms with Gasteiger partial charge in [0.05, 0.1) is 24.6 Å². The second kappa shape index (κ2) is 11.6. The fraction of sp³-hybridized carbons (Fsp3) is 0.286. The molecule has 0 amide bonds. The Morgan fingerprint density at radius 3 is 1.84 bits per heavy atom. The molecule has 139 valence electrons. The minimum absolute atomic E-state index is 0. The SMILES string of the molecule is CC(C)[C@H]1COC(C[PH+](c2ccccc2)c2ccccc2)=N1.[CH3-].[CH3-].[Ir]. The van der Waals surface area contributed by atoms with Crippen molar-refractivity contribution in [3.63, 3.8) is 0 Å². The number of nitrogens with zero attached hydrogens (tertiary/aromatic N) is 1. The van der Waals surface area contributed by atoms with E-state index in [-0.39, 0.29) is 35.0 Å². The first-order chi connectivity index (χ1) is 10.7. The summed E-state index contributed by atoms with van der Waals surface area (Å²) in [5, 5.41) is 2.83. The topological polar surface area (TPSA) is 21.6 Å². The molecule has 0 fully saturated rings. The summed E-state index contributed by atoms with van der Waals surface area (Å²) in [6.07, 6.45) is 0.932. The minimum Gasteiger partial charge on any atom is -0.476 e. The molecular weight excluding hydrogens is 505 g/mol. The third kappa shape index (κ3) is 6.33. The monoisotopic (exact) mass is 535 g/mol. The quantitative estimate of drug-likeness (QED) is 0.416. The van der Waals surface area contributed by atoms with Gasteiger partial charge >= 0.3 is 0 Å². The number of hydrogen-bond donors (Lipinski definition) is 0. The molecule has 1 aliphatic heterocycles. The third-order valence-electron chi connectivity index (χ3n) is 4.07. The Labute approximate surface area is 168 Å². The van der Waals surface area contributed by atoms with Crippen LogP contribution in [0.25, 0.3) is 0 Å². The van der Waals surface area contributed by atoms with Crippen molar-refractivity contribution in [1.29, 1.82) is 0 Å². The van der Waals surface area contributed by atoms with Crippen LogP contribution < -0.4 is 10.6 Å². The first-order valence-corrected chi connectivity index (χ1v) is 9.61. The summed E-state index contributed by atoms with van der Waals surface area (Å²) in [6, 6.07) is 21.9. The predicted molar refractivity (Wildman–Crippen MR) is 110 cm³/mol. The Balaban J connectivity index is 0.00000192. The molecule has 1 heterocycles. The molecule has 2 nitrogen and oxygen atoms in total. The van der Waals surface area contributed by atoms with E-state index in [4.69, 9.17) is 9.73 Å². The smallest absolute Gasteiger partial charge is 0.223 e. The van der Waals surface area contributed by atoms with Gasteiger partial charge in [-0.3, -0.25) is 0 Å². The molecule has 0 unspecified atom stereocenters. The van der Waals surface area contributed by atoms with Crippen LogP contribution in [0.1, 0.15) is 13.8 Å². The summed E-state index contributed by atoms with van der Waals surface area (Å²) in [7, 11) is -0.887. The molecule has 4 heteroatoms. The first kappa shape index (κ1) is 24.0. The summed E-state index contributed by atoms with van der Waals surface area (Å²) in [6.45, 7) is 5.16. The summed E-state index contributed by atoms with van der Waals surface area (Å²) < 4.78 is 5.88. The van der Waals surface area contributed by atoms with Crippen molar-refractivity contribution in [1.82, 2.24) is 0 Å². The van der Waals surface area contributed by atoms with Crippen LogP contribution in [0.4, 0.5) is 0 Å². The van der Waals surface area contributed by atoms with Gasteiger partial charge in [-0.2, -0.15) is 0 Å². The van der Waals surface area contributed by atoms with E-state index >= 15 is 0 Å². The van der Waals surface area contributed by atoms with Crippen LogP contribution in [-0.2, 0) is 24.8 Å². The maximum Gasteiger partial charge on any atom is 0.223 e. The van der Waals surface area contributed by atoms with Crippen molar-refractivity contribution in [3.05, 3.63) is 75.5 Å². The van der Waals surface area contributed by atoms with Gasteiger partial charge in [0.15, 0.2) is 0 Å². The van der Waals surface area contributed by atoms with E-state index in [0.29, 0.717) is 12.0 Å². The van der Waals surface area contributed by atoms with Gasteiger partial charge in [-0.15, -0.1) is 0 Å². The van der Waals surface area contributed by atoms with Crippen molar-refractivity contribution < 1.29 is 24.8 Å². The maximum atomic E-state index is 5.88. The Hall–Kier alpha value is -1.01. The number of rotatable bonds is 5. The Morgan fingerprint density at radius 1 is 0.960 bits per heavy atom. The summed E-state index contributed by atoms with van der Waals surface area (Å²) in [4.78, 5) is 4.80. The second-order valence-electron chi connectivity index (χ2n) is 6.03. The first-order valence-electron chi connectivity index (χ1n) is 7.90. The van der Waals surface area contributed by atoms with Crippen LogP contribution in [0.5, 0.6) is 0 Å². The van der Waals surface area contributed by atoms with E-state index < -0.39 is 7.92 Å². The van der Waals surface area contributed by atoms with Crippen LogP contribution >= 0.6 is 7.92 Å². The fourth-order valence-corrected chi connectivity index (χ4v) is 5.11. The molecule has 1 aliphatic rings. The Bertz CT molecular complexity index is 591. The standard InChI is InChI=1S/C19H22NOP.2CH3.Ir/c1-15(2)18-13-21-19(20-18)14-22(16-9-5-3-6-10-16)17-11-7-4-8-12-17;;;/h3-12,15,18H,13-14H2,1-2H3;2*1H3;/q;2*-1;/p+1/t18-;;;/m1.../s1. The number of aliphatic imine (C=N–C) groups is 1. The van der Waals surface area contributed by atoms with E-state index in [1.807, 2.05) is 0 Å². The van der Waals surface area contributed by atoms with Gasteiger partial charge in [-0.25, -0.2) is 4.99 Å². The average Bonchev–Trinajstić information content (AvgIpc) is 3.03. The van der Waals surface area contributed by atoms with Crippen LogP contribution in [-0.4, -0.2) is 24.7 Å². The molecule has 2 aromatic carbocycles. The number of hydrogen-bond acceptors (Lipinski definition) is 2. The molecule has 0 N–H and O–H groups in total. The van der Waals surface area contributed by atoms with Gasteiger partial charge in [-0.05, 0) is 30.2 Å². The zero-order valence-corrected chi connectivity index (χ0v) is 18.9. The summed E-state index contributed by atoms with van der Waals surface area (Å²) in [5.74, 6) is 1.49. The van der Waals surface area contributed by atoms with E-state index in [1.165, 1.54) is 10.6 Å². The van der Waals surface area contributed by atoms with Crippen LogP contribution in [0.3, 0.4) is 0 Å². The molecule has 3 rings (SSSR count). The van der Waals surface area contributed by atoms with Crippen LogP contribution in [0.2, 0.25) is 0 Å². The van der Waals surface area contributed by atoms with Gasteiger partial charge in [0.25, 0.3) is 0 Å². The fourth-order valence-electron chi connectivity index (χ4n) is 2.68. The van der Waals surface area contributed by atoms with Crippen molar-refractivity contribution in [2.45, 2.75) is 19.9 Å². The van der Waals surface area contributed by atoms with Crippen LogP contribution in [0.15, 0.2) is 65.7 Å². The normalized spacial score (nSPS) is 15.5. The molecular formula is C21H29IrNOP-. The van der Waals surface area contributed by atoms with Gasteiger partial charge in [-0.1, -0.05) is 50.2 Å². The molecule has 0 saturated heterocycles. The van der Waals surface area contributed by atoms with Crippen molar-refractivity contribution in [3.8, 4) is 0 Å². The molecule has 0 aliphatic carbocycles. The van der Waals surface area contributed by atoms with Gasteiger partial charge in [0.1, 0.15) is 12.8 Å². The molecule has 0 aromatic heterocycles. The number of benzene rings is 2. The van der Waals surface area contributed by atoms with E-state index in [1.54, 1.807) is 0 Å². The van der Waals surface area contributed by atoms with Gasteiger partial charge < -0.3 is 19.6 Å². The third-order valence-corrected chi connectivity index (χ3v) is 6.79. The second-order valence-corrected chi connectivity index (χ2v) is 8.50. The number of ether oxygens (including phenoxy) is 1. The summed E-state index contributed by atoms with van der Waals surface area (Å²) in [5.41, 5.74) is 0. The van der Waals surface area contributed by atoms with Crippen molar-refractivity contribution in [2.24, 2.45) is 10.9 Å². The van der Waals surface area contributed by atoms with Crippen LogP contribution in [0, 0.1) is 20.8 Å². The molecule has 1 radical (unpaired) electrons. The van der Waals surface area contributed by atoms with E-state index in [9.17, 15) is 0 Å². The largest absolute Gasteiger partial charge is 0.476 e. The zero-order valence-electron chi connectivity index (χ0n) is 15.5. The van der Waals surface area contributed by atoms with E-state index in [0.717, 1.165) is 18.7 Å². The van der Waals surface area contributed by atoms with Crippen molar-refractivity contribution >= 4 is 24.4 Å². The summed E-state index contributed by atoms with van der Waals surface area (Å²) >= 11 is 0. The molecule has 1 atom stereocenters. The molecule has 25 heavy (non-hydrogen) atoms. The minimum atomic E-state index is -0.887. The zero-order chi connectivity index (χ0) is 15.4. The molecule has 0 saturated carbocycles. The molecule has 0 bridgehead atoms. The molecule has 0 spiro atoms. The van der Waals surface area contributed by atoms with Gasteiger partial charge in [0, 0.05) is 20.1 Å². The molecule has 2 aromatic rings. The maximum absolute atomic E-state index is 5.88. The van der Waals surface area contributed by atoms with Gasteiger partial charge in [0.2, 0.25) is 5.90 Å². The van der Waals surface area contributed by atoms with E-state index in [2.05, 4.69) is 74.5 Å². The average molecular weight is 535 g/mol. The van der Waals surface area contributed by atoms with Crippen molar-refractivity contribution in [2.75, 3.05) is 12.8 Å². The Morgan fingerprint density at radius 2 is 1.44 bits per heavy atom.